The van der Waals surface area contributed by atoms with Crippen LogP contribution in [0.25, 0.3) is 0 Å². The number of hydrogen-bond acceptors (Lipinski definition) is 4. The molecule has 2 fully saturated rings. The predicted octanol–water partition coefficient (Wildman–Crippen LogP) is 2.56. The maximum atomic E-state index is 13.2. The van der Waals surface area contributed by atoms with E-state index in [4.69, 9.17) is 9.47 Å². The molecule has 24 heavy (non-hydrogen) atoms. The van der Waals surface area contributed by atoms with Crippen molar-refractivity contribution in [2.24, 2.45) is 5.41 Å². The van der Waals surface area contributed by atoms with Crippen LogP contribution >= 0.6 is 0 Å². The number of ether oxygens (including phenoxy) is 2. The molecule has 1 N–H and O–H groups in total. The number of amides is 1. The van der Waals surface area contributed by atoms with Crippen LogP contribution in [0, 0.1) is 5.41 Å². The second-order valence-electron chi connectivity index (χ2n) is 6.52. The molecule has 2 heterocycles. The predicted molar refractivity (Wildman–Crippen MR) is 87.5 cm³/mol. The molecule has 3 atom stereocenters. The van der Waals surface area contributed by atoms with Gasteiger partial charge in [-0.3, -0.25) is 9.59 Å². The van der Waals surface area contributed by atoms with E-state index in [-0.39, 0.29) is 18.0 Å². The van der Waals surface area contributed by atoms with Gasteiger partial charge in [0.2, 0.25) is 0 Å². The molecule has 1 aromatic carbocycles. The number of benzene rings is 1. The van der Waals surface area contributed by atoms with Gasteiger partial charge in [-0.2, -0.15) is 0 Å². The Morgan fingerprint density at radius 3 is 2.58 bits per heavy atom. The first-order valence-electron chi connectivity index (χ1n) is 8.27. The van der Waals surface area contributed by atoms with Gasteiger partial charge in [-0.05, 0) is 37.8 Å². The number of aliphatic carboxylic acids is 1. The van der Waals surface area contributed by atoms with E-state index in [1.165, 1.54) is 14.2 Å². The zero-order valence-electron chi connectivity index (χ0n) is 14.2. The minimum Gasteiger partial charge on any atom is -0.493 e. The second-order valence-corrected chi connectivity index (χ2v) is 6.52. The van der Waals surface area contributed by atoms with Crippen molar-refractivity contribution in [3.63, 3.8) is 0 Å². The third-order valence-electron chi connectivity index (χ3n) is 5.66. The monoisotopic (exact) mass is 333 g/mol. The van der Waals surface area contributed by atoms with Gasteiger partial charge in [0.05, 0.1) is 25.2 Å². The Kier molecular flexibility index (Phi) is 4.15. The van der Waals surface area contributed by atoms with Crippen LogP contribution in [0.15, 0.2) is 18.2 Å². The molecule has 2 saturated heterocycles. The van der Waals surface area contributed by atoms with Gasteiger partial charge in [0.15, 0.2) is 11.5 Å². The first kappa shape index (κ1) is 16.6. The van der Waals surface area contributed by atoms with E-state index in [2.05, 4.69) is 0 Å². The third-order valence-corrected chi connectivity index (χ3v) is 5.66. The number of carboxylic acids is 1. The van der Waals surface area contributed by atoms with Crippen LogP contribution in [0.1, 0.15) is 43.0 Å². The summed E-state index contributed by atoms with van der Waals surface area (Å²) in [7, 11) is 3.03. The van der Waals surface area contributed by atoms with Crippen molar-refractivity contribution < 1.29 is 24.2 Å². The number of carbonyl (C=O) groups excluding carboxylic acids is 1. The van der Waals surface area contributed by atoms with E-state index in [0.29, 0.717) is 29.9 Å². The van der Waals surface area contributed by atoms with Crippen molar-refractivity contribution in [1.29, 1.82) is 0 Å². The minimum atomic E-state index is -0.829. The molecular weight excluding hydrogens is 310 g/mol. The number of nitrogens with zero attached hydrogens (tertiary/aromatic N) is 1. The lowest BCUT2D eigenvalue weighted by Gasteiger charge is -2.32. The molecular formula is C18H23NO5. The largest absolute Gasteiger partial charge is 0.493 e. The lowest BCUT2D eigenvalue weighted by Crippen LogP contribution is -2.44. The first-order chi connectivity index (χ1) is 11.5. The minimum absolute atomic E-state index is 0.0190. The molecule has 0 aliphatic carbocycles. The number of carbonyl (C=O) groups is 2. The van der Waals surface area contributed by atoms with Gasteiger partial charge in [-0.15, -0.1) is 0 Å². The Balaban J connectivity index is 1.99. The normalized spacial score (nSPS) is 28.0. The quantitative estimate of drug-likeness (QED) is 0.896. The van der Waals surface area contributed by atoms with Crippen LogP contribution in [-0.2, 0) is 4.79 Å². The lowest BCUT2D eigenvalue weighted by atomic mass is 9.72. The third kappa shape index (κ3) is 2.16. The van der Waals surface area contributed by atoms with Crippen LogP contribution in [0.4, 0.5) is 0 Å². The number of fused-ring (bicyclic) bond motifs is 2. The zero-order chi connectivity index (χ0) is 17.5. The molecule has 3 rings (SSSR count). The van der Waals surface area contributed by atoms with Crippen LogP contribution in [0.5, 0.6) is 11.5 Å². The number of carboxylic acid groups (broad SMARTS) is 1. The zero-order valence-corrected chi connectivity index (χ0v) is 14.2. The van der Waals surface area contributed by atoms with Gasteiger partial charge in [0.1, 0.15) is 0 Å². The van der Waals surface area contributed by atoms with E-state index in [1.54, 1.807) is 23.1 Å². The molecule has 1 aromatic rings. The summed E-state index contributed by atoms with van der Waals surface area (Å²) in [6, 6.07) is 4.91. The van der Waals surface area contributed by atoms with Crippen LogP contribution < -0.4 is 9.47 Å². The highest BCUT2D eigenvalue weighted by molar-refractivity contribution is 5.99. The Morgan fingerprint density at radius 1 is 1.29 bits per heavy atom. The first-order valence-corrected chi connectivity index (χ1v) is 8.27. The average Bonchev–Trinajstić information content (AvgIpc) is 3.16. The Labute approximate surface area is 141 Å². The second kappa shape index (κ2) is 6.00. The maximum absolute atomic E-state index is 13.2. The topological polar surface area (TPSA) is 76.1 Å². The van der Waals surface area contributed by atoms with E-state index in [1.807, 2.05) is 6.92 Å². The van der Waals surface area contributed by atoms with Crippen molar-refractivity contribution >= 4 is 11.9 Å². The van der Waals surface area contributed by atoms with Crippen molar-refractivity contribution in [3.05, 3.63) is 23.8 Å². The maximum Gasteiger partial charge on any atom is 0.311 e. The molecule has 6 nitrogen and oxygen atoms in total. The summed E-state index contributed by atoms with van der Waals surface area (Å²) in [6.45, 7) is 1.89. The standard InChI is InChI=1S/C18H23NO5/c1-4-18(17(21)22)10-11-8-9-14(18)19(11)16(20)12-6-5-7-13(23-2)15(12)24-3/h5-7,11,14H,4,8-10H2,1-3H3,(H,21,22)/t11-,14+,18+/m0/s1. The summed E-state index contributed by atoms with van der Waals surface area (Å²) in [4.78, 5) is 26.8. The number of rotatable bonds is 5. The summed E-state index contributed by atoms with van der Waals surface area (Å²) in [5, 5.41) is 9.76. The van der Waals surface area contributed by atoms with Crippen molar-refractivity contribution in [2.45, 2.75) is 44.7 Å². The molecule has 6 heteroatoms. The summed E-state index contributed by atoms with van der Waals surface area (Å²) in [6.07, 6.45) is 2.66. The molecule has 0 saturated carbocycles. The van der Waals surface area contributed by atoms with Gasteiger partial charge in [-0.1, -0.05) is 13.0 Å². The van der Waals surface area contributed by atoms with E-state index >= 15 is 0 Å². The van der Waals surface area contributed by atoms with Crippen molar-refractivity contribution in [2.75, 3.05) is 14.2 Å². The number of methoxy groups -OCH3 is 2. The molecule has 0 unspecified atom stereocenters. The molecule has 0 radical (unpaired) electrons. The molecule has 2 aliphatic rings. The highest BCUT2D eigenvalue weighted by Gasteiger charge is 2.60. The Bertz CT molecular complexity index is 673. The summed E-state index contributed by atoms with van der Waals surface area (Å²) in [5.74, 6) is -0.0777. The van der Waals surface area contributed by atoms with Gasteiger partial charge in [-0.25, -0.2) is 0 Å². The summed E-state index contributed by atoms with van der Waals surface area (Å²) in [5.41, 5.74) is -0.406. The van der Waals surface area contributed by atoms with Gasteiger partial charge >= 0.3 is 5.97 Å². The highest BCUT2D eigenvalue weighted by Crippen LogP contribution is 2.52. The van der Waals surface area contributed by atoms with Gasteiger partial charge < -0.3 is 19.5 Å². The van der Waals surface area contributed by atoms with E-state index < -0.39 is 11.4 Å². The van der Waals surface area contributed by atoms with Crippen LogP contribution in [0.2, 0.25) is 0 Å². The van der Waals surface area contributed by atoms with Gasteiger partial charge in [0, 0.05) is 12.1 Å². The fourth-order valence-corrected chi connectivity index (χ4v) is 4.45. The fourth-order valence-electron chi connectivity index (χ4n) is 4.45. The molecule has 0 aromatic heterocycles. The Morgan fingerprint density at radius 2 is 2.04 bits per heavy atom. The SMILES string of the molecule is CC[C@@]1(C(=O)O)C[C@@H]2CC[C@H]1N2C(=O)c1cccc(OC)c1OC. The van der Waals surface area contributed by atoms with Crippen molar-refractivity contribution in [3.8, 4) is 11.5 Å². The highest BCUT2D eigenvalue weighted by atomic mass is 16.5. The number of para-hydroxylation sites is 1. The van der Waals surface area contributed by atoms with E-state index in [0.717, 1.165) is 12.8 Å². The fraction of sp³-hybridized carbons (Fsp3) is 0.556. The van der Waals surface area contributed by atoms with Gasteiger partial charge in [0.25, 0.3) is 5.91 Å². The number of hydrogen-bond donors (Lipinski definition) is 1. The lowest BCUT2D eigenvalue weighted by molar-refractivity contribution is -0.151. The smallest absolute Gasteiger partial charge is 0.311 e. The van der Waals surface area contributed by atoms with Crippen LogP contribution in [0.3, 0.4) is 0 Å². The van der Waals surface area contributed by atoms with E-state index in [9.17, 15) is 14.7 Å². The Hall–Kier alpha value is -2.24. The molecule has 2 aliphatic heterocycles. The average molecular weight is 333 g/mol. The molecule has 2 bridgehead atoms. The van der Waals surface area contributed by atoms with Crippen molar-refractivity contribution in [1.82, 2.24) is 4.90 Å². The molecule has 0 spiro atoms. The summed E-state index contributed by atoms with van der Waals surface area (Å²) >= 11 is 0. The summed E-state index contributed by atoms with van der Waals surface area (Å²) < 4.78 is 10.6. The van der Waals surface area contributed by atoms with Crippen LogP contribution in [-0.4, -0.2) is 48.2 Å². The molecule has 1 amide bonds. The molecule has 130 valence electrons.